The smallest absolute Gasteiger partial charge is 0.158 e. The molecule has 0 amide bonds. The van der Waals surface area contributed by atoms with Crippen LogP contribution in [-0.4, -0.2) is 36.3 Å². The molecule has 0 aromatic carbocycles. The number of hydrogen-bond donors (Lipinski definition) is 3. The van der Waals surface area contributed by atoms with Crippen LogP contribution in [-0.2, 0) is 16.1 Å². The minimum Gasteiger partial charge on any atom is -0.379 e. The summed E-state index contributed by atoms with van der Waals surface area (Å²) < 4.78 is 10.4. The Hall–Kier alpha value is -1.44. The number of nitrogens with zero attached hydrogens (tertiary/aromatic N) is 2. The van der Waals surface area contributed by atoms with Gasteiger partial charge in [0.25, 0.3) is 0 Å². The van der Waals surface area contributed by atoms with E-state index in [2.05, 4.69) is 20.7 Å². The van der Waals surface area contributed by atoms with Gasteiger partial charge in [0, 0.05) is 19.8 Å². The highest BCUT2D eigenvalue weighted by Gasteiger charge is 2.14. The van der Waals surface area contributed by atoms with Crippen LogP contribution in [0.1, 0.15) is 18.7 Å². The fourth-order valence-electron chi connectivity index (χ4n) is 1.90. The normalized spacial score (nSPS) is 19.6. The molecular weight excluding hydrogens is 234 g/mol. The Morgan fingerprint density at radius 2 is 2.33 bits per heavy atom. The predicted octanol–water partition coefficient (Wildman–Crippen LogP) is 0.499. The lowest BCUT2D eigenvalue weighted by Gasteiger charge is -2.23. The molecule has 1 saturated heterocycles. The average molecular weight is 253 g/mol. The van der Waals surface area contributed by atoms with E-state index in [1.165, 1.54) is 0 Å². The Morgan fingerprint density at radius 3 is 3.00 bits per heavy atom. The largest absolute Gasteiger partial charge is 0.379 e. The second kappa shape index (κ2) is 6.48. The summed E-state index contributed by atoms with van der Waals surface area (Å²) >= 11 is 0. The zero-order valence-electron chi connectivity index (χ0n) is 10.5. The van der Waals surface area contributed by atoms with E-state index in [-0.39, 0.29) is 6.04 Å². The van der Waals surface area contributed by atoms with Gasteiger partial charge in [-0.15, -0.1) is 0 Å². The minimum absolute atomic E-state index is 0.287. The monoisotopic (exact) mass is 253 g/mol. The van der Waals surface area contributed by atoms with E-state index in [1.807, 2.05) is 0 Å². The molecule has 1 fully saturated rings. The number of rotatable bonds is 5. The second-order valence-corrected chi connectivity index (χ2v) is 4.19. The van der Waals surface area contributed by atoms with Gasteiger partial charge in [0.05, 0.1) is 12.6 Å². The lowest BCUT2D eigenvalue weighted by Crippen LogP contribution is -2.30. The zero-order valence-corrected chi connectivity index (χ0v) is 10.5. The Bertz CT molecular complexity index is 382. The van der Waals surface area contributed by atoms with Gasteiger partial charge >= 0.3 is 0 Å². The lowest BCUT2D eigenvalue weighted by atomic mass is 10.1. The maximum Gasteiger partial charge on any atom is 0.158 e. The molecule has 2 heterocycles. The van der Waals surface area contributed by atoms with Crippen LogP contribution in [0.5, 0.6) is 0 Å². The van der Waals surface area contributed by atoms with Crippen LogP contribution in [0.3, 0.4) is 0 Å². The van der Waals surface area contributed by atoms with Gasteiger partial charge in [0.2, 0.25) is 0 Å². The molecule has 1 aromatic heterocycles. The summed E-state index contributed by atoms with van der Waals surface area (Å²) in [6, 6.07) is 2.06. The molecule has 1 aliphatic rings. The first-order valence-electron chi connectivity index (χ1n) is 5.99. The summed E-state index contributed by atoms with van der Waals surface area (Å²) in [5.41, 5.74) is 2.53. The van der Waals surface area contributed by atoms with Crippen molar-refractivity contribution in [1.82, 2.24) is 9.97 Å². The number of aromatic nitrogens is 2. The van der Waals surface area contributed by atoms with Crippen molar-refractivity contribution in [3.8, 4) is 0 Å². The molecule has 18 heavy (non-hydrogen) atoms. The molecule has 0 radical (unpaired) electrons. The zero-order chi connectivity index (χ0) is 12.8. The lowest BCUT2D eigenvalue weighted by molar-refractivity contribution is 0.0875. The Kier molecular flexibility index (Phi) is 4.68. The molecule has 0 spiro atoms. The van der Waals surface area contributed by atoms with Gasteiger partial charge in [-0.3, -0.25) is 0 Å². The number of anilines is 2. The van der Waals surface area contributed by atoms with Gasteiger partial charge in [-0.05, 0) is 12.8 Å². The first-order valence-corrected chi connectivity index (χ1v) is 5.99. The molecule has 0 bridgehead atoms. The molecule has 1 aliphatic heterocycles. The SMILES string of the molecule is COCc1nc(NN)cc(NC2CCCOC2)n1. The first kappa shape index (κ1) is 13.0. The number of hydrazine groups is 1. The topological polar surface area (TPSA) is 94.3 Å². The fourth-order valence-corrected chi connectivity index (χ4v) is 1.90. The molecule has 0 aliphatic carbocycles. The molecule has 7 heteroatoms. The van der Waals surface area contributed by atoms with Crippen LogP contribution in [0.4, 0.5) is 11.6 Å². The number of hydrogen-bond acceptors (Lipinski definition) is 7. The molecular formula is C11H19N5O2. The third-order valence-electron chi connectivity index (χ3n) is 2.71. The van der Waals surface area contributed by atoms with E-state index in [0.29, 0.717) is 24.9 Å². The number of methoxy groups -OCH3 is 1. The van der Waals surface area contributed by atoms with Crippen molar-refractivity contribution in [3.63, 3.8) is 0 Å². The highest BCUT2D eigenvalue weighted by atomic mass is 16.5. The summed E-state index contributed by atoms with van der Waals surface area (Å²) in [6.07, 6.45) is 2.14. The van der Waals surface area contributed by atoms with Crippen molar-refractivity contribution < 1.29 is 9.47 Å². The Labute approximate surface area is 106 Å². The van der Waals surface area contributed by atoms with Crippen LogP contribution in [0.15, 0.2) is 6.07 Å². The van der Waals surface area contributed by atoms with E-state index < -0.39 is 0 Å². The third-order valence-corrected chi connectivity index (χ3v) is 2.71. The van der Waals surface area contributed by atoms with E-state index in [4.69, 9.17) is 15.3 Å². The summed E-state index contributed by atoms with van der Waals surface area (Å²) in [5.74, 6) is 7.28. The highest BCUT2D eigenvalue weighted by Crippen LogP contribution is 2.15. The molecule has 0 saturated carbocycles. The maximum atomic E-state index is 5.42. The number of nitrogen functional groups attached to an aromatic ring is 1. The number of ether oxygens (including phenoxy) is 2. The predicted molar refractivity (Wildman–Crippen MR) is 68.0 cm³/mol. The van der Waals surface area contributed by atoms with Crippen LogP contribution in [0.2, 0.25) is 0 Å². The number of nitrogens with two attached hydrogens (primary N) is 1. The molecule has 1 atom stereocenters. The third kappa shape index (κ3) is 3.52. The van der Waals surface area contributed by atoms with E-state index >= 15 is 0 Å². The summed E-state index contributed by atoms with van der Waals surface area (Å²) in [6.45, 7) is 1.90. The van der Waals surface area contributed by atoms with Crippen molar-refractivity contribution in [3.05, 3.63) is 11.9 Å². The Morgan fingerprint density at radius 1 is 1.50 bits per heavy atom. The van der Waals surface area contributed by atoms with Gasteiger partial charge in [0.1, 0.15) is 18.2 Å². The molecule has 1 unspecified atom stereocenters. The van der Waals surface area contributed by atoms with Gasteiger partial charge in [0.15, 0.2) is 5.82 Å². The highest BCUT2D eigenvalue weighted by molar-refractivity contribution is 5.47. The average Bonchev–Trinajstić information content (AvgIpc) is 2.40. The summed E-state index contributed by atoms with van der Waals surface area (Å²) in [5, 5.41) is 3.33. The van der Waals surface area contributed by atoms with Crippen LogP contribution in [0.25, 0.3) is 0 Å². The van der Waals surface area contributed by atoms with Gasteiger partial charge in [-0.25, -0.2) is 15.8 Å². The number of nitrogens with one attached hydrogen (secondary N) is 2. The van der Waals surface area contributed by atoms with Crippen molar-refractivity contribution in [2.24, 2.45) is 5.84 Å². The molecule has 1 aromatic rings. The van der Waals surface area contributed by atoms with Crippen LogP contribution in [0, 0.1) is 0 Å². The first-order chi connectivity index (χ1) is 8.81. The van der Waals surface area contributed by atoms with Crippen LogP contribution < -0.4 is 16.6 Å². The van der Waals surface area contributed by atoms with Crippen LogP contribution >= 0.6 is 0 Å². The van der Waals surface area contributed by atoms with Gasteiger partial charge in [-0.2, -0.15) is 0 Å². The van der Waals surface area contributed by atoms with Crippen molar-refractivity contribution in [2.45, 2.75) is 25.5 Å². The van der Waals surface area contributed by atoms with Crippen molar-refractivity contribution in [2.75, 3.05) is 31.1 Å². The van der Waals surface area contributed by atoms with E-state index in [1.54, 1.807) is 13.2 Å². The minimum atomic E-state index is 0.287. The summed E-state index contributed by atoms with van der Waals surface area (Å²) in [7, 11) is 1.61. The van der Waals surface area contributed by atoms with E-state index in [9.17, 15) is 0 Å². The standard InChI is InChI=1S/C11H19N5O2/c1-17-7-11-14-9(5-10(15-11)16-12)13-8-3-2-4-18-6-8/h5,8H,2-4,6-7,12H2,1H3,(H2,13,14,15,16). The van der Waals surface area contributed by atoms with Gasteiger partial charge < -0.3 is 20.2 Å². The molecule has 2 rings (SSSR count). The van der Waals surface area contributed by atoms with Crippen molar-refractivity contribution in [1.29, 1.82) is 0 Å². The second-order valence-electron chi connectivity index (χ2n) is 4.19. The van der Waals surface area contributed by atoms with Gasteiger partial charge in [-0.1, -0.05) is 0 Å². The summed E-state index contributed by atoms with van der Waals surface area (Å²) in [4.78, 5) is 8.56. The van der Waals surface area contributed by atoms with E-state index in [0.717, 1.165) is 25.3 Å². The fraction of sp³-hybridized carbons (Fsp3) is 0.636. The maximum absolute atomic E-state index is 5.42. The molecule has 4 N–H and O–H groups in total. The van der Waals surface area contributed by atoms with Crippen molar-refractivity contribution >= 4 is 11.6 Å². The molecule has 7 nitrogen and oxygen atoms in total. The quantitative estimate of drug-likeness (QED) is 0.519. The molecule has 100 valence electrons. The Balaban J connectivity index is 2.07.